The van der Waals surface area contributed by atoms with Crippen LogP contribution in [0.5, 0.6) is 0 Å². The van der Waals surface area contributed by atoms with Gasteiger partial charge in [-0.1, -0.05) is 18.2 Å². The van der Waals surface area contributed by atoms with Gasteiger partial charge >= 0.3 is 0 Å². The highest BCUT2D eigenvalue weighted by atomic mass is 16.3. The van der Waals surface area contributed by atoms with Crippen molar-refractivity contribution in [3.8, 4) is 0 Å². The summed E-state index contributed by atoms with van der Waals surface area (Å²) in [5.41, 5.74) is 2.21. The Balaban J connectivity index is 1.69. The van der Waals surface area contributed by atoms with Gasteiger partial charge in [0.15, 0.2) is 0 Å². The van der Waals surface area contributed by atoms with Crippen molar-refractivity contribution < 1.29 is 4.42 Å². The average Bonchev–Trinajstić information content (AvgIpc) is 3.03. The normalized spacial score (nSPS) is 12.9. The number of imidazole rings is 1. The van der Waals surface area contributed by atoms with E-state index < -0.39 is 0 Å². The second kappa shape index (κ2) is 5.51. The lowest BCUT2D eigenvalue weighted by atomic mass is 10.1. The van der Waals surface area contributed by atoms with Crippen LogP contribution >= 0.6 is 0 Å². The number of nitrogens with zero attached hydrogens (tertiary/aromatic N) is 2. The smallest absolute Gasteiger partial charge is 0.134 e. The first kappa shape index (κ1) is 12.9. The lowest BCUT2D eigenvalue weighted by Crippen LogP contribution is -2.29. The highest BCUT2D eigenvalue weighted by Gasteiger charge is 2.11. The van der Waals surface area contributed by atoms with Crippen LogP contribution < -0.4 is 5.32 Å². The molecule has 0 aliphatic carbocycles. The summed E-state index contributed by atoms with van der Waals surface area (Å²) in [5, 5.41) is 4.75. The van der Waals surface area contributed by atoms with Crippen LogP contribution in [0.1, 0.15) is 18.2 Å². The van der Waals surface area contributed by atoms with Crippen LogP contribution in [0.2, 0.25) is 0 Å². The largest absolute Gasteiger partial charge is 0.461 e. The van der Waals surface area contributed by atoms with E-state index in [1.807, 2.05) is 31.6 Å². The average molecular weight is 269 g/mol. The van der Waals surface area contributed by atoms with Crippen molar-refractivity contribution in [2.75, 3.05) is 0 Å². The zero-order valence-electron chi connectivity index (χ0n) is 11.8. The van der Waals surface area contributed by atoms with Crippen molar-refractivity contribution in [1.29, 1.82) is 0 Å². The summed E-state index contributed by atoms with van der Waals surface area (Å²) in [7, 11) is 0. The Labute approximate surface area is 118 Å². The van der Waals surface area contributed by atoms with Gasteiger partial charge in [0.2, 0.25) is 0 Å². The van der Waals surface area contributed by atoms with Crippen molar-refractivity contribution in [1.82, 2.24) is 14.9 Å². The molecule has 20 heavy (non-hydrogen) atoms. The summed E-state index contributed by atoms with van der Waals surface area (Å²) in [4.78, 5) is 4.06. The number of hydrogen-bond donors (Lipinski definition) is 1. The number of aryl methyl sites for hydroxylation is 1. The van der Waals surface area contributed by atoms with Gasteiger partial charge in [0.25, 0.3) is 0 Å². The maximum absolute atomic E-state index is 5.78. The molecule has 0 aliphatic heterocycles. The first-order chi connectivity index (χ1) is 9.74. The van der Waals surface area contributed by atoms with Crippen molar-refractivity contribution in [2.24, 2.45) is 0 Å². The fourth-order valence-electron chi connectivity index (χ4n) is 2.49. The number of benzene rings is 1. The zero-order valence-corrected chi connectivity index (χ0v) is 11.8. The van der Waals surface area contributed by atoms with Crippen LogP contribution in [0.3, 0.4) is 0 Å². The van der Waals surface area contributed by atoms with Crippen LogP contribution in [0.15, 0.2) is 47.4 Å². The monoisotopic (exact) mass is 269 g/mol. The molecule has 0 saturated heterocycles. The molecule has 0 saturated carbocycles. The molecule has 1 atom stereocenters. The number of furan rings is 1. The minimum absolute atomic E-state index is 0.372. The standard InChI is InChI=1S/C16H19N3O/c1-12(10-19-8-7-17-11-19)18-9-15-13(2)20-16-6-4-3-5-14(15)16/h3-8,11-12,18H,9-10H2,1-2H3. The molecule has 1 aromatic carbocycles. The van der Waals surface area contributed by atoms with Crippen LogP contribution in [0.25, 0.3) is 11.0 Å². The molecule has 0 fully saturated rings. The van der Waals surface area contributed by atoms with Crippen molar-refractivity contribution >= 4 is 11.0 Å². The molecule has 0 aliphatic rings. The number of para-hydroxylation sites is 1. The van der Waals surface area contributed by atoms with Gasteiger partial charge < -0.3 is 14.3 Å². The Morgan fingerprint density at radius 1 is 1.35 bits per heavy atom. The molecule has 1 N–H and O–H groups in total. The van der Waals surface area contributed by atoms with E-state index in [2.05, 4.69) is 33.9 Å². The number of hydrogen-bond acceptors (Lipinski definition) is 3. The summed E-state index contributed by atoms with van der Waals surface area (Å²) in [6.45, 7) is 5.93. The van der Waals surface area contributed by atoms with E-state index in [1.54, 1.807) is 6.20 Å². The van der Waals surface area contributed by atoms with Crippen molar-refractivity contribution in [3.05, 3.63) is 54.3 Å². The summed E-state index contributed by atoms with van der Waals surface area (Å²) in [6, 6.07) is 8.56. The zero-order chi connectivity index (χ0) is 13.9. The van der Waals surface area contributed by atoms with E-state index in [9.17, 15) is 0 Å². The number of aromatic nitrogens is 2. The van der Waals surface area contributed by atoms with Gasteiger partial charge in [-0.3, -0.25) is 0 Å². The van der Waals surface area contributed by atoms with Gasteiger partial charge in [0, 0.05) is 42.5 Å². The predicted octanol–water partition coefficient (Wildman–Crippen LogP) is 3.12. The first-order valence-electron chi connectivity index (χ1n) is 6.90. The van der Waals surface area contributed by atoms with Gasteiger partial charge in [0.1, 0.15) is 11.3 Å². The third-order valence-electron chi connectivity index (χ3n) is 3.57. The van der Waals surface area contributed by atoms with E-state index in [1.165, 1.54) is 10.9 Å². The second-order valence-corrected chi connectivity index (χ2v) is 5.17. The third-order valence-corrected chi connectivity index (χ3v) is 3.57. The van der Waals surface area contributed by atoms with E-state index in [0.717, 1.165) is 24.4 Å². The molecule has 3 aromatic rings. The Morgan fingerprint density at radius 3 is 3.00 bits per heavy atom. The lowest BCUT2D eigenvalue weighted by Gasteiger charge is -2.14. The third kappa shape index (κ3) is 2.60. The SMILES string of the molecule is Cc1oc2ccccc2c1CNC(C)Cn1ccnc1. The van der Waals surface area contributed by atoms with Crippen molar-refractivity contribution in [3.63, 3.8) is 0 Å². The number of nitrogens with one attached hydrogen (secondary N) is 1. The molecular weight excluding hydrogens is 250 g/mol. The molecule has 0 radical (unpaired) electrons. The fourth-order valence-corrected chi connectivity index (χ4v) is 2.49. The maximum Gasteiger partial charge on any atom is 0.134 e. The minimum Gasteiger partial charge on any atom is -0.461 e. The summed E-state index contributed by atoms with van der Waals surface area (Å²) in [5.74, 6) is 0.994. The molecule has 104 valence electrons. The molecule has 0 amide bonds. The Morgan fingerprint density at radius 2 is 2.20 bits per heavy atom. The van der Waals surface area contributed by atoms with Crippen LogP contribution in [0.4, 0.5) is 0 Å². The van der Waals surface area contributed by atoms with Crippen LogP contribution in [-0.4, -0.2) is 15.6 Å². The Kier molecular flexibility index (Phi) is 3.56. The number of fused-ring (bicyclic) bond motifs is 1. The van der Waals surface area contributed by atoms with Gasteiger partial charge in [-0.25, -0.2) is 4.98 Å². The van der Waals surface area contributed by atoms with Gasteiger partial charge in [-0.2, -0.15) is 0 Å². The second-order valence-electron chi connectivity index (χ2n) is 5.17. The molecular formula is C16H19N3O. The molecule has 0 spiro atoms. The molecule has 3 rings (SSSR count). The van der Waals surface area contributed by atoms with E-state index in [-0.39, 0.29) is 0 Å². The van der Waals surface area contributed by atoms with E-state index in [0.29, 0.717) is 6.04 Å². The summed E-state index contributed by atoms with van der Waals surface area (Å²) in [6.07, 6.45) is 5.63. The van der Waals surface area contributed by atoms with Gasteiger partial charge in [0.05, 0.1) is 6.33 Å². The number of rotatable bonds is 5. The van der Waals surface area contributed by atoms with Crippen LogP contribution in [0, 0.1) is 6.92 Å². The first-order valence-corrected chi connectivity index (χ1v) is 6.90. The minimum atomic E-state index is 0.372. The van der Waals surface area contributed by atoms with E-state index >= 15 is 0 Å². The molecule has 2 heterocycles. The molecule has 0 bridgehead atoms. The van der Waals surface area contributed by atoms with E-state index in [4.69, 9.17) is 4.42 Å². The van der Waals surface area contributed by atoms with Crippen molar-refractivity contribution in [2.45, 2.75) is 33.0 Å². The van der Waals surface area contributed by atoms with Gasteiger partial charge in [-0.05, 0) is 19.9 Å². The fraction of sp³-hybridized carbons (Fsp3) is 0.312. The molecule has 1 unspecified atom stereocenters. The summed E-state index contributed by atoms with van der Waals surface area (Å²) >= 11 is 0. The lowest BCUT2D eigenvalue weighted by molar-refractivity contribution is 0.472. The summed E-state index contributed by atoms with van der Waals surface area (Å²) < 4.78 is 7.86. The Hall–Kier alpha value is -2.07. The highest BCUT2D eigenvalue weighted by Crippen LogP contribution is 2.24. The Bertz CT molecular complexity index is 685. The highest BCUT2D eigenvalue weighted by molar-refractivity contribution is 5.82. The quantitative estimate of drug-likeness (QED) is 0.774. The van der Waals surface area contributed by atoms with Crippen LogP contribution in [-0.2, 0) is 13.1 Å². The maximum atomic E-state index is 5.78. The van der Waals surface area contributed by atoms with Gasteiger partial charge in [-0.15, -0.1) is 0 Å². The topological polar surface area (TPSA) is 43.0 Å². The predicted molar refractivity (Wildman–Crippen MR) is 79.5 cm³/mol. The molecule has 4 heteroatoms. The molecule has 2 aromatic heterocycles. The molecule has 4 nitrogen and oxygen atoms in total.